The molecule has 2 rings (SSSR count). The van der Waals surface area contributed by atoms with Gasteiger partial charge in [0.15, 0.2) is 0 Å². The van der Waals surface area contributed by atoms with E-state index in [2.05, 4.69) is 15.5 Å². The van der Waals surface area contributed by atoms with E-state index in [4.69, 9.17) is 4.42 Å². The van der Waals surface area contributed by atoms with Gasteiger partial charge in [0.25, 0.3) is 0 Å². The number of hydrogen-bond acceptors (Lipinski definition) is 4. The van der Waals surface area contributed by atoms with Gasteiger partial charge in [0.1, 0.15) is 11.5 Å². The summed E-state index contributed by atoms with van der Waals surface area (Å²) in [7, 11) is 0. The Hall–Kier alpha value is -1.33. The molecule has 5 nitrogen and oxygen atoms in total. The molecule has 1 fully saturated rings. The quantitative estimate of drug-likeness (QED) is 0.782. The summed E-state index contributed by atoms with van der Waals surface area (Å²) < 4.78 is 5.45. The lowest BCUT2D eigenvalue weighted by Gasteiger charge is -2.26. The summed E-state index contributed by atoms with van der Waals surface area (Å²) in [5, 5.41) is 6.20. The average molecular weight is 251 g/mol. The molecule has 1 saturated heterocycles. The van der Waals surface area contributed by atoms with E-state index >= 15 is 0 Å². The molecule has 0 unspecified atom stereocenters. The van der Waals surface area contributed by atoms with Crippen LogP contribution >= 0.6 is 0 Å². The molecule has 1 aliphatic heterocycles. The van der Waals surface area contributed by atoms with Crippen LogP contribution in [-0.2, 0) is 11.2 Å². The summed E-state index contributed by atoms with van der Waals surface area (Å²) in [5.74, 6) is 1.94. The number of nitrogens with zero attached hydrogens (tertiary/aromatic N) is 1. The van der Waals surface area contributed by atoms with Crippen LogP contribution in [0.5, 0.6) is 0 Å². The van der Waals surface area contributed by atoms with Crippen molar-refractivity contribution in [1.82, 2.24) is 15.5 Å². The summed E-state index contributed by atoms with van der Waals surface area (Å²) in [6.07, 6.45) is 0.751. The second-order valence-electron chi connectivity index (χ2n) is 4.64. The molecular formula is C13H21N3O2. The van der Waals surface area contributed by atoms with E-state index in [-0.39, 0.29) is 5.91 Å². The maximum atomic E-state index is 11.7. The molecule has 5 heteroatoms. The highest BCUT2D eigenvalue weighted by molar-refractivity contribution is 5.78. The highest BCUT2D eigenvalue weighted by Gasteiger charge is 2.12. The highest BCUT2D eigenvalue weighted by atomic mass is 16.3. The van der Waals surface area contributed by atoms with Crippen LogP contribution in [0.1, 0.15) is 11.5 Å². The first kappa shape index (κ1) is 13.1. The molecule has 2 N–H and O–H groups in total. The summed E-state index contributed by atoms with van der Waals surface area (Å²) in [4.78, 5) is 13.9. The van der Waals surface area contributed by atoms with Crippen LogP contribution < -0.4 is 10.6 Å². The molecular weight excluding hydrogens is 230 g/mol. The minimum atomic E-state index is 0.0974. The molecule has 0 bridgehead atoms. The van der Waals surface area contributed by atoms with Gasteiger partial charge in [0.2, 0.25) is 5.91 Å². The van der Waals surface area contributed by atoms with E-state index < -0.39 is 0 Å². The van der Waals surface area contributed by atoms with Crippen molar-refractivity contribution >= 4 is 5.91 Å². The Morgan fingerprint density at radius 3 is 2.89 bits per heavy atom. The van der Waals surface area contributed by atoms with Crippen LogP contribution in [0, 0.1) is 6.92 Å². The third-order valence-corrected chi connectivity index (χ3v) is 3.07. The Morgan fingerprint density at radius 1 is 1.44 bits per heavy atom. The van der Waals surface area contributed by atoms with Crippen molar-refractivity contribution in [3.05, 3.63) is 23.7 Å². The number of rotatable bonds is 5. The number of furan rings is 1. The summed E-state index contributed by atoms with van der Waals surface area (Å²) >= 11 is 0. The first-order chi connectivity index (χ1) is 8.74. The van der Waals surface area contributed by atoms with Gasteiger partial charge in [0, 0.05) is 39.1 Å². The zero-order valence-electron chi connectivity index (χ0n) is 10.9. The Balaban J connectivity index is 1.62. The smallest absolute Gasteiger partial charge is 0.234 e. The third kappa shape index (κ3) is 4.16. The van der Waals surface area contributed by atoms with Crippen molar-refractivity contribution in [1.29, 1.82) is 0 Å². The van der Waals surface area contributed by atoms with E-state index in [1.54, 1.807) is 0 Å². The molecule has 0 saturated carbocycles. The number of amides is 1. The Labute approximate surface area is 108 Å². The molecule has 0 atom stereocenters. The van der Waals surface area contributed by atoms with Gasteiger partial charge in [-0.25, -0.2) is 0 Å². The predicted molar refractivity (Wildman–Crippen MR) is 69.5 cm³/mol. The molecule has 0 aromatic carbocycles. The molecule has 1 aromatic heterocycles. The van der Waals surface area contributed by atoms with Crippen LogP contribution in [0.4, 0.5) is 0 Å². The van der Waals surface area contributed by atoms with E-state index in [9.17, 15) is 4.79 Å². The fourth-order valence-electron chi connectivity index (χ4n) is 2.07. The molecule has 0 aliphatic carbocycles. The van der Waals surface area contributed by atoms with E-state index in [1.807, 2.05) is 19.1 Å². The van der Waals surface area contributed by atoms with Gasteiger partial charge in [-0.2, -0.15) is 0 Å². The van der Waals surface area contributed by atoms with Crippen molar-refractivity contribution in [2.75, 3.05) is 39.3 Å². The zero-order chi connectivity index (χ0) is 12.8. The normalized spacial score (nSPS) is 16.7. The van der Waals surface area contributed by atoms with Gasteiger partial charge in [-0.05, 0) is 19.1 Å². The van der Waals surface area contributed by atoms with E-state index in [0.717, 1.165) is 44.1 Å². The maximum Gasteiger partial charge on any atom is 0.234 e. The van der Waals surface area contributed by atoms with Gasteiger partial charge in [0.05, 0.1) is 6.54 Å². The number of aryl methyl sites for hydroxylation is 1. The Bertz CT molecular complexity index is 383. The molecule has 100 valence electrons. The second kappa shape index (κ2) is 6.56. The topological polar surface area (TPSA) is 57.5 Å². The van der Waals surface area contributed by atoms with Crippen LogP contribution in [0.25, 0.3) is 0 Å². The van der Waals surface area contributed by atoms with Crippen LogP contribution in [0.3, 0.4) is 0 Å². The minimum Gasteiger partial charge on any atom is -0.466 e. The third-order valence-electron chi connectivity index (χ3n) is 3.07. The average Bonchev–Trinajstić information content (AvgIpc) is 2.76. The van der Waals surface area contributed by atoms with Crippen LogP contribution in [0.2, 0.25) is 0 Å². The molecule has 1 aromatic rings. The van der Waals surface area contributed by atoms with Gasteiger partial charge in [-0.1, -0.05) is 0 Å². The van der Waals surface area contributed by atoms with Crippen LogP contribution in [-0.4, -0.2) is 50.1 Å². The van der Waals surface area contributed by atoms with Crippen molar-refractivity contribution < 1.29 is 9.21 Å². The number of carbonyl (C=O) groups excluding carboxylic acids is 1. The van der Waals surface area contributed by atoms with Crippen LogP contribution in [0.15, 0.2) is 16.5 Å². The Morgan fingerprint density at radius 2 is 2.22 bits per heavy atom. The number of piperazine rings is 1. The molecule has 1 aliphatic rings. The lowest BCUT2D eigenvalue weighted by atomic mass is 10.3. The molecule has 18 heavy (non-hydrogen) atoms. The number of hydrogen-bond donors (Lipinski definition) is 2. The van der Waals surface area contributed by atoms with Gasteiger partial charge < -0.3 is 15.1 Å². The summed E-state index contributed by atoms with van der Waals surface area (Å²) in [6, 6.07) is 3.90. The molecule has 1 amide bonds. The van der Waals surface area contributed by atoms with Gasteiger partial charge in [-0.3, -0.25) is 9.69 Å². The monoisotopic (exact) mass is 251 g/mol. The molecule has 0 spiro atoms. The largest absolute Gasteiger partial charge is 0.466 e. The summed E-state index contributed by atoms with van der Waals surface area (Å²) in [5.41, 5.74) is 0. The molecule has 2 heterocycles. The Kier molecular flexibility index (Phi) is 4.78. The minimum absolute atomic E-state index is 0.0974. The van der Waals surface area contributed by atoms with Gasteiger partial charge >= 0.3 is 0 Å². The SMILES string of the molecule is Cc1ccc(CCNC(=O)CN2CCNCC2)o1. The zero-order valence-corrected chi connectivity index (χ0v) is 10.9. The van der Waals surface area contributed by atoms with Crippen molar-refractivity contribution in [2.45, 2.75) is 13.3 Å². The maximum absolute atomic E-state index is 11.7. The number of carbonyl (C=O) groups is 1. The first-order valence-corrected chi connectivity index (χ1v) is 6.49. The van der Waals surface area contributed by atoms with Gasteiger partial charge in [-0.15, -0.1) is 0 Å². The lowest BCUT2D eigenvalue weighted by Crippen LogP contribution is -2.47. The standard InChI is InChI=1S/C13H21N3O2/c1-11-2-3-12(18-11)4-5-15-13(17)10-16-8-6-14-7-9-16/h2-3,14H,4-10H2,1H3,(H,15,17). The number of nitrogens with one attached hydrogen (secondary N) is 2. The second-order valence-corrected chi connectivity index (χ2v) is 4.64. The fraction of sp³-hybridized carbons (Fsp3) is 0.615. The highest BCUT2D eigenvalue weighted by Crippen LogP contribution is 2.05. The molecule has 0 radical (unpaired) electrons. The van der Waals surface area contributed by atoms with Crippen molar-refractivity contribution in [3.8, 4) is 0 Å². The van der Waals surface area contributed by atoms with E-state index in [0.29, 0.717) is 13.1 Å². The van der Waals surface area contributed by atoms with Crippen molar-refractivity contribution in [2.24, 2.45) is 0 Å². The lowest BCUT2D eigenvalue weighted by molar-refractivity contribution is -0.122. The predicted octanol–water partition coefficient (Wildman–Crippen LogP) is 0.152. The first-order valence-electron chi connectivity index (χ1n) is 6.49. The van der Waals surface area contributed by atoms with Crippen molar-refractivity contribution in [3.63, 3.8) is 0 Å². The fourth-order valence-corrected chi connectivity index (χ4v) is 2.07. The summed E-state index contributed by atoms with van der Waals surface area (Å²) in [6.45, 7) is 6.90. The van der Waals surface area contributed by atoms with E-state index in [1.165, 1.54) is 0 Å².